The maximum absolute atomic E-state index is 12.4. The molecule has 1 aromatic carbocycles. The summed E-state index contributed by atoms with van der Waals surface area (Å²) in [4.78, 5) is 27.7. The number of amides is 3. The Kier molecular flexibility index (Phi) is 4.28. The Morgan fingerprint density at radius 2 is 1.90 bits per heavy atom. The fourth-order valence-electron chi connectivity index (χ4n) is 2.42. The standard InChI is InChI=1S/C15H17BrN2O2/c1-4-12(16)14(19)18-13(10(2)17(3)15(18)20)11-8-6-5-7-9-11/h4-10,13H,1-3H3/b12-4+/t10-,13-/m0/s1. The topological polar surface area (TPSA) is 40.6 Å². The Morgan fingerprint density at radius 3 is 2.45 bits per heavy atom. The lowest BCUT2D eigenvalue weighted by Crippen LogP contribution is -2.36. The van der Waals surface area contributed by atoms with Gasteiger partial charge in [0.2, 0.25) is 0 Å². The van der Waals surface area contributed by atoms with Crippen LogP contribution in [-0.4, -0.2) is 34.8 Å². The van der Waals surface area contributed by atoms with Gasteiger partial charge in [0.05, 0.1) is 16.6 Å². The number of nitrogens with zero attached hydrogens (tertiary/aromatic N) is 2. The van der Waals surface area contributed by atoms with Crippen molar-refractivity contribution in [2.45, 2.75) is 25.9 Å². The van der Waals surface area contributed by atoms with Crippen LogP contribution in [0.5, 0.6) is 0 Å². The van der Waals surface area contributed by atoms with Crippen LogP contribution in [0, 0.1) is 0 Å². The van der Waals surface area contributed by atoms with Crippen LogP contribution in [0.4, 0.5) is 4.79 Å². The van der Waals surface area contributed by atoms with Crippen molar-refractivity contribution in [3.05, 3.63) is 46.5 Å². The van der Waals surface area contributed by atoms with Crippen molar-refractivity contribution in [2.24, 2.45) is 0 Å². The second kappa shape index (κ2) is 5.79. The van der Waals surface area contributed by atoms with E-state index in [4.69, 9.17) is 0 Å². The molecule has 1 fully saturated rings. The summed E-state index contributed by atoms with van der Waals surface area (Å²) in [7, 11) is 1.72. The molecule has 0 saturated carbocycles. The van der Waals surface area contributed by atoms with Gasteiger partial charge in [0.25, 0.3) is 5.91 Å². The van der Waals surface area contributed by atoms with E-state index in [9.17, 15) is 9.59 Å². The van der Waals surface area contributed by atoms with Crippen LogP contribution in [0.1, 0.15) is 25.5 Å². The van der Waals surface area contributed by atoms with Gasteiger partial charge in [-0.1, -0.05) is 36.4 Å². The van der Waals surface area contributed by atoms with Gasteiger partial charge < -0.3 is 4.90 Å². The van der Waals surface area contributed by atoms with Crippen molar-refractivity contribution in [3.63, 3.8) is 0 Å². The fourth-order valence-corrected chi connectivity index (χ4v) is 2.61. The molecule has 0 unspecified atom stereocenters. The molecule has 3 amide bonds. The second-order valence-electron chi connectivity index (χ2n) is 4.80. The molecule has 2 rings (SSSR count). The van der Waals surface area contributed by atoms with Crippen molar-refractivity contribution < 1.29 is 9.59 Å². The first kappa shape index (κ1) is 14.8. The molecule has 0 aliphatic carbocycles. The maximum Gasteiger partial charge on any atom is 0.327 e. The highest BCUT2D eigenvalue weighted by atomic mass is 79.9. The van der Waals surface area contributed by atoms with Gasteiger partial charge in [0, 0.05) is 7.05 Å². The van der Waals surface area contributed by atoms with Gasteiger partial charge >= 0.3 is 6.03 Å². The number of hydrogen-bond acceptors (Lipinski definition) is 2. The fraction of sp³-hybridized carbons (Fsp3) is 0.333. The summed E-state index contributed by atoms with van der Waals surface area (Å²) in [5.41, 5.74) is 0.961. The van der Waals surface area contributed by atoms with Crippen molar-refractivity contribution in [1.82, 2.24) is 9.80 Å². The number of carbonyl (C=O) groups excluding carboxylic acids is 2. The first-order valence-electron chi connectivity index (χ1n) is 6.46. The monoisotopic (exact) mass is 336 g/mol. The molecular weight excluding hydrogens is 320 g/mol. The predicted octanol–water partition coefficient (Wildman–Crippen LogP) is 3.31. The van der Waals surface area contributed by atoms with Gasteiger partial charge in [-0.05, 0) is 35.3 Å². The van der Waals surface area contributed by atoms with E-state index in [-0.39, 0.29) is 24.0 Å². The number of halogens is 1. The molecule has 1 heterocycles. The van der Waals surface area contributed by atoms with Crippen LogP contribution < -0.4 is 0 Å². The number of likely N-dealkylation sites (N-methyl/N-ethyl adjacent to an activating group) is 1. The van der Waals surface area contributed by atoms with E-state index in [1.165, 1.54) is 4.90 Å². The lowest BCUT2D eigenvalue weighted by molar-refractivity contribution is -0.124. The maximum atomic E-state index is 12.4. The van der Waals surface area contributed by atoms with Crippen LogP contribution in [0.3, 0.4) is 0 Å². The molecule has 0 aromatic heterocycles. The average molecular weight is 337 g/mol. The van der Waals surface area contributed by atoms with Crippen LogP contribution in [0.2, 0.25) is 0 Å². The predicted molar refractivity (Wildman–Crippen MR) is 81.3 cm³/mol. The molecule has 1 aliphatic heterocycles. The third-order valence-corrected chi connectivity index (χ3v) is 4.47. The first-order valence-corrected chi connectivity index (χ1v) is 7.25. The highest BCUT2D eigenvalue weighted by Gasteiger charge is 2.45. The second-order valence-corrected chi connectivity index (χ2v) is 5.66. The van der Waals surface area contributed by atoms with E-state index in [1.807, 2.05) is 37.3 Å². The first-order chi connectivity index (χ1) is 9.49. The highest BCUT2D eigenvalue weighted by Crippen LogP contribution is 2.35. The third kappa shape index (κ3) is 2.38. The Bertz CT molecular complexity index is 556. The Hall–Kier alpha value is -1.62. The molecule has 20 heavy (non-hydrogen) atoms. The molecule has 5 heteroatoms. The number of rotatable bonds is 2. The van der Waals surface area contributed by atoms with Gasteiger partial charge in [0.1, 0.15) is 0 Å². The number of urea groups is 1. The largest absolute Gasteiger partial charge is 0.327 e. The summed E-state index contributed by atoms with van der Waals surface area (Å²) in [6.07, 6.45) is 1.65. The minimum absolute atomic E-state index is 0.0639. The molecule has 106 valence electrons. The zero-order valence-corrected chi connectivity index (χ0v) is 13.3. The molecular formula is C15H17BrN2O2. The number of benzene rings is 1. The zero-order valence-electron chi connectivity index (χ0n) is 11.7. The quantitative estimate of drug-likeness (QED) is 0.777. The van der Waals surface area contributed by atoms with Gasteiger partial charge in [0.15, 0.2) is 0 Å². The summed E-state index contributed by atoms with van der Waals surface area (Å²) in [6.45, 7) is 3.71. The van der Waals surface area contributed by atoms with E-state index in [0.29, 0.717) is 4.48 Å². The lowest BCUT2D eigenvalue weighted by Gasteiger charge is -2.24. The lowest BCUT2D eigenvalue weighted by atomic mass is 10.0. The SMILES string of the molecule is C/C=C(/Br)C(=O)N1C(=O)N(C)[C@@H](C)[C@H]1c1ccccc1. The smallest absolute Gasteiger partial charge is 0.322 e. The van der Waals surface area contributed by atoms with Crippen LogP contribution >= 0.6 is 15.9 Å². The van der Waals surface area contributed by atoms with Crippen LogP contribution in [0.15, 0.2) is 40.9 Å². The number of hydrogen-bond donors (Lipinski definition) is 0. The summed E-state index contributed by atoms with van der Waals surface area (Å²) in [5, 5.41) is 0. The number of imide groups is 1. The van der Waals surface area contributed by atoms with Gasteiger partial charge in [-0.3, -0.25) is 4.79 Å². The van der Waals surface area contributed by atoms with E-state index in [1.54, 1.807) is 24.9 Å². The molecule has 1 aromatic rings. The molecule has 1 saturated heterocycles. The number of carbonyl (C=O) groups is 2. The van der Waals surface area contributed by atoms with Crippen LogP contribution in [-0.2, 0) is 4.79 Å². The summed E-state index contributed by atoms with van der Waals surface area (Å²) < 4.78 is 0.397. The minimum atomic E-state index is -0.303. The molecule has 0 radical (unpaired) electrons. The van der Waals surface area contributed by atoms with Gasteiger partial charge in [-0.15, -0.1) is 0 Å². The number of allylic oxidation sites excluding steroid dienone is 1. The van der Waals surface area contributed by atoms with Crippen molar-refractivity contribution in [1.29, 1.82) is 0 Å². The molecule has 0 N–H and O–H groups in total. The zero-order chi connectivity index (χ0) is 14.9. The minimum Gasteiger partial charge on any atom is -0.322 e. The normalized spacial score (nSPS) is 23.4. The molecule has 4 nitrogen and oxygen atoms in total. The molecule has 0 bridgehead atoms. The van der Waals surface area contributed by atoms with Gasteiger partial charge in [-0.2, -0.15) is 0 Å². The Morgan fingerprint density at radius 1 is 1.30 bits per heavy atom. The van der Waals surface area contributed by atoms with Gasteiger partial charge in [-0.25, -0.2) is 9.69 Å². The van der Waals surface area contributed by atoms with Crippen molar-refractivity contribution in [3.8, 4) is 0 Å². The Balaban J connectivity index is 2.46. The van der Waals surface area contributed by atoms with E-state index < -0.39 is 0 Å². The molecule has 0 spiro atoms. The van der Waals surface area contributed by atoms with Crippen molar-refractivity contribution >= 4 is 27.9 Å². The average Bonchev–Trinajstić information content (AvgIpc) is 2.70. The van der Waals surface area contributed by atoms with E-state index in [0.717, 1.165) is 5.56 Å². The highest BCUT2D eigenvalue weighted by molar-refractivity contribution is 9.12. The van der Waals surface area contributed by atoms with E-state index in [2.05, 4.69) is 15.9 Å². The summed E-state index contributed by atoms with van der Waals surface area (Å²) in [6, 6.07) is 9.03. The Labute approximate surface area is 127 Å². The van der Waals surface area contributed by atoms with Crippen molar-refractivity contribution in [2.75, 3.05) is 7.05 Å². The summed E-state index contributed by atoms with van der Waals surface area (Å²) >= 11 is 3.22. The van der Waals surface area contributed by atoms with E-state index >= 15 is 0 Å². The summed E-state index contributed by atoms with van der Waals surface area (Å²) in [5.74, 6) is -0.303. The molecule has 2 atom stereocenters. The van der Waals surface area contributed by atoms with Crippen LogP contribution in [0.25, 0.3) is 0 Å². The molecule has 1 aliphatic rings. The third-order valence-electron chi connectivity index (χ3n) is 3.67.